The van der Waals surface area contributed by atoms with Crippen molar-refractivity contribution in [1.82, 2.24) is 10.6 Å². The van der Waals surface area contributed by atoms with E-state index in [2.05, 4.69) is 22.8 Å². The van der Waals surface area contributed by atoms with Crippen LogP contribution in [0.5, 0.6) is 5.75 Å². The highest BCUT2D eigenvalue weighted by molar-refractivity contribution is 5.97. The molecule has 2 aromatic rings. The van der Waals surface area contributed by atoms with Gasteiger partial charge in [0, 0.05) is 24.4 Å². The van der Waals surface area contributed by atoms with E-state index in [4.69, 9.17) is 4.74 Å². The maximum absolute atomic E-state index is 12.8. The molecule has 0 atom stereocenters. The van der Waals surface area contributed by atoms with Crippen molar-refractivity contribution in [3.05, 3.63) is 65.7 Å². The van der Waals surface area contributed by atoms with Gasteiger partial charge < -0.3 is 15.4 Å². The van der Waals surface area contributed by atoms with Crippen molar-refractivity contribution >= 4 is 11.8 Å². The summed E-state index contributed by atoms with van der Waals surface area (Å²) in [6.45, 7) is 2.43. The van der Waals surface area contributed by atoms with Crippen LogP contribution in [-0.2, 0) is 10.2 Å². The summed E-state index contributed by atoms with van der Waals surface area (Å²) >= 11 is 0. The standard InChI is InChI=1S/C24H30N2O3/c1-3-22(27)26-19-13-15-24(16-14-19,18-9-5-4-6-10-18)17-25-23(28)20-11-7-8-12-21(20)29-2/h4-12,19H,3,13-17H2,1-2H3,(H,25,28)(H,26,27)/t19-,24+. The highest BCUT2D eigenvalue weighted by atomic mass is 16.5. The molecule has 0 bridgehead atoms. The van der Waals surface area contributed by atoms with Gasteiger partial charge in [0.05, 0.1) is 12.7 Å². The first kappa shape index (κ1) is 20.9. The number of ether oxygens (including phenoxy) is 1. The summed E-state index contributed by atoms with van der Waals surface area (Å²) in [6.07, 6.45) is 4.15. The molecule has 2 aromatic carbocycles. The van der Waals surface area contributed by atoms with Gasteiger partial charge in [-0.2, -0.15) is 0 Å². The minimum absolute atomic E-state index is 0.103. The number of para-hydroxylation sites is 1. The van der Waals surface area contributed by atoms with Crippen LogP contribution in [0, 0.1) is 0 Å². The van der Waals surface area contributed by atoms with Gasteiger partial charge in [0.2, 0.25) is 5.91 Å². The van der Waals surface area contributed by atoms with Gasteiger partial charge in [0.25, 0.3) is 5.91 Å². The van der Waals surface area contributed by atoms with E-state index in [-0.39, 0.29) is 23.3 Å². The van der Waals surface area contributed by atoms with E-state index >= 15 is 0 Å². The zero-order chi connectivity index (χ0) is 20.7. The Morgan fingerprint density at radius 1 is 1.03 bits per heavy atom. The predicted molar refractivity (Wildman–Crippen MR) is 114 cm³/mol. The van der Waals surface area contributed by atoms with Crippen molar-refractivity contribution < 1.29 is 14.3 Å². The first-order chi connectivity index (χ1) is 14.1. The third-order valence-corrected chi connectivity index (χ3v) is 5.95. The fourth-order valence-electron chi connectivity index (χ4n) is 4.18. The third kappa shape index (κ3) is 4.97. The van der Waals surface area contributed by atoms with Crippen LogP contribution in [0.25, 0.3) is 0 Å². The average Bonchev–Trinajstić information content (AvgIpc) is 2.79. The summed E-state index contributed by atoms with van der Waals surface area (Å²) in [5, 5.41) is 6.26. The maximum atomic E-state index is 12.8. The van der Waals surface area contributed by atoms with Crippen LogP contribution in [0.4, 0.5) is 0 Å². The summed E-state index contributed by atoms with van der Waals surface area (Å²) in [7, 11) is 1.57. The van der Waals surface area contributed by atoms with Gasteiger partial charge >= 0.3 is 0 Å². The fraction of sp³-hybridized carbons (Fsp3) is 0.417. The lowest BCUT2D eigenvalue weighted by molar-refractivity contribution is -0.121. The van der Waals surface area contributed by atoms with Gasteiger partial charge in [0.1, 0.15) is 5.75 Å². The van der Waals surface area contributed by atoms with E-state index < -0.39 is 0 Å². The Labute approximate surface area is 172 Å². The van der Waals surface area contributed by atoms with E-state index in [1.54, 1.807) is 19.2 Å². The average molecular weight is 395 g/mol. The Morgan fingerprint density at radius 2 is 1.69 bits per heavy atom. The van der Waals surface area contributed by atoms with E-state index in [1.807, 2.05) is 37.3 Å². The molecule has 1 aliphatic carbocycles. The molecule has 1 aliphatic rings. The molecular weight excluding hydrogens is 364 g/mol. The van der Waals surface area contributed by atoms with E-state index in [9.17, 15) is 9.59 Å². The number of carbonyl (C=O) groups excluding carboxylic acids is 2. The topological polar surface area (TPSA) is 67.4 Å². The molecule has 29 heavy (non-hydrogen) atoms. The Morgan fingerprint density at radius 3 is 2.34 bits per heavy atom. The van der Waals surface area contributed by atoms with E-state index in [0.29, 0.717) is 24.3 Å². The number of benzene rings is 2. The zero-order valence-electron chi connectivity index (χ0n) is 17.2. The summed E-state index contributed by atoms with van der Waals surface area (Å²) < 4.78 is 5.33. The summed E-state index contributed by atoms with van der Waals surface area (Å²) in [6, 6.07) is 17.9. The Balaban J connectivity index is 1.74. The van der Waals surface area contributed by atoms with Gasteiger partial charge in [-0.3, -0.25) is 9.59 Å². The van der Waals surface area contributed by atoms with Crippen LogP contribution >= 0.6 is 0 Å². The zero-order valence-corrected chi connectivity index (χ0v) is 17.2. The normalized spacial score (nSPS) is 21.2. The number of hydrogen-bond acceptors (Lipinski definition) is 3. The molecule has 5 heteroatoms. The molecule has 0 radical (unpaired) electrons. The van der Waals surface area contributed by atoms with Crippen molar-refractivity contribution in [2.45, 2.75) is 50.5 Å². The number of rotatable bonds is 7. The molecule has 0 aliphatic heterocycles. The van der Waals surface area contributed by atoms with Crippen molar-refractivity contribution in [3.63, 3.8) is 0 Å². The van der Waals surface area contributed by atoms with Crippen molar-refractivity contribution in [1.29, 1.82) is 0 Å². The lowest BCUT2D eigenvalue weighted by Crippen LogP contribution is -2.47. The highest BCUT2D eigenvalue weighted by Crippen LogP contribution is 2.39. The molecule has 0 heterocycles. The van der Waals surface area contributed by atoms with Crippen LogP contribution in [0.3, 0.4) is 0 Å². The summed E-state index contributed by atoms with van der Waals surface area (Å²) in [5.74, 6) is 0.551. The summed E-state index contributed by atoms with van der Waals surface area (Å²) in [4.78, 5) is 24.6. The van der Waals surface area contributed by atoms with Crippen LogP contribution in [0.1, 0.15) is 54.9 Å². The van der Waals surface area contributed by atoms with Crippen molar-refractivity contribution in [2.75, 3.05) is 13.7 Å². The molecule has 0 aromatic heterocycles. The minimum atomic E-state index is -0.133. The van der Waals surface area contributed by atoms with E-state index in [0.717, 1.165) is 25.7 Å². The SMILES string of the molecule is CCC(=O)N[C@H]1CC[C@@](CNC(=O)c2ccccc2OC)(c2ccccc2)CC1. The van der Waals surface area contributed by atoms with Gasteiger partial charge in [-0.15, -0.1) is 0 Å². The molecule has 3 rings (SSSR count). The van der Waals surface area contributed by atoms with Gasteiger partial charge in [0.15, 0.2) is 0 Å². The molecule has 0 spiro atoms. The van der Waals surface area contributed by atoms with Crippen molar-refractivity contribution in [3.8, 4) is 5.75 Å². The Hall–Kier alpha value is -2.82. The monoisotopic (exact) mass is 394 g/mol. The number of amides is 2. The van der Waals surface area contributed by atoms with Gasteiger partial charge in [-0.1, -0.05) is 49.4 Å². The van der Waals surface area contributed by atoms with Crippen LogP contribution in [-0.4, -0.2) is 31.5 Å². The van der Waals surface area contributed by atoms with Crippen LogP contribution in [0.2, 0.25) is 0 Å². The highest BCUT2D eigenvalue weighted by Gasteiger charge is 2.37. The van der Waals surface area contributed by atoms with E-state index in [1.165, 1.54) is 5.56 Å². The molecule has 0 unspecified atom stereocenters. The molecule has 2 N–H and O–H groups in total. The van der Waals surface area contributed by atoms with Crippen LogP contribution in [0.15, 0.2) is 54.6 Å². The van der Waals surface area contributed by atoms with Gasteiger partial charge in [-0.05, 0) is 43.4 Å². The lowest BCUT2D eigenvalue weighted by Gasteiger charge is -2.41. The predicted octanol–water partition coefficient (Wildman–Crippen LogP) is 3.83. The van der Waals surface area contributed by atoms with Gasteiger partial charge in [-0.25, -0.2) is 0 Å². The smallest absolute Gasteiger partial charge is 0.255 e. The number of hydrogen-bond donors (Lipinski definition) is 2. The number of carbonyl (C=O) groups is 2. The number of methoxy groups -OCH3 is 1. The molecule has 1 saturated carbocycles. The molecule has 154 valence electrons. The molecule has 2 amide bonds. The Bertz CT molecular complexity index is 827. The minimum Gasteiger partial charge on any atom is -0.496 e. The lowest BCUT2D eigenvalue weighted by atomic mass is 9.68. The first-order valence-electron chi connectivity index (χ1n) is 10.3. The quantitative estimate of drug-likeness (QED) is 0.750. The first-order valence-corrected chi connectivity index (χ1v) is 10.3. The fourth-order valence-corrected chi connectivity index (χ4v) is 4.18. The second-order valence-electron chi connectivity index (χ2n) is 7.72. The summed E-state index contributed by atoms with van der Waals surface area (Å²) in [5.41, 5.74) is 1.65. The maximum Gasteiger partial charge on any atom is 0.255 e. The largest absolute Gasteiger partial charge is 0.496 e. The second kappa shape index (κ2) is 9.59. The molecule has 0 saturated heterocycles. The molecular formula is C24H30N2O3. The third-order valence-electron chi connectivity index (χ3n) is 5.95. The second-order valence-corrected chi connectivity index (χ2v) is 7.72. The molecule has 5 nitrogen and oxygen atoms in total. The number of nitrogens with one attached hydrogen (secondary N) is 2. The Kier molecular flexibility index (Phi) is 6.91. The van der Waals surface area contributed by atoms with Crippen molar-refractivity contribution in [2.24, 2.45) is 0 Å². The van der Waals surface area contributed by atoms with Crippen LogP contribution < -0.4 is 15.4 Å². The molecule has 1 fully saturated rings.